The van der Waals surface area contributed by atoms with Gasteiger partial charge in [-0.3, -0.25) is 14.5 Å². The van der Waals surface area contributed by atoms with Gasteiger partial charge < -0.3 is 20.3 Å². The van der Waals surface area contributed by atoms with E-state index in [9.17, 15) is 19.6 Å². The zero-order valence-electron chi connectivity index (χ0n) is 18.3. The second-order valence-electron chi connectivity index (χ2n) is 9.07. The van der Waals surface area contributed by atoms with Crippen LogP contribution < -0.4 is 10.8 Å². The van der Waals surface area contributed by atoms with Gasteiger partial charge in [-0.2, -0.15) is 0 Å². The molecular formula is C22H34BN3O4. The zero-order valence-corrected chi connectivity index (χ0v) is 18.3. The molecule has 1 aromatic rings. The highest BCUT2D eigenvalue weighted by atomic mass is 16.4. The number of hydrogen-bond acceptors (Lipinski definition) is 5. The van der Waals surface area contributed by atoms with Crippen molar-refractivity contribution in [3.05, 3.63) is 29.8 Å². The lowest BCUT2D eigenvalue weighted by molar-refractivity contribution is -0.161. The highest BCUT2D eigenvalue weighted by Gasteiger charge is 2.53. The average Bonchev–Trinajstić information content (AvgIpc) is 2.71. The summed E-state index contributed by atoms with van der Waals surface area (Å²) < 4.78 is 0. The first-order chi connectivity index (χ1) is 14.3. The molecule has 30 heavy (non-hydrogen) atoms. The Bertz CT molecular complexity index is 745. The van der Waals surface area contributed by atoms with Crippen LogP contribution in [0.4, 0.5) is 0 Å². The molecule has 1 spiro atoms. The quantitative estimate of drug-likeness (QED) is 0.564. The number of amides is 2. The first kappa shape index (κ1) is 22.8. The molecule has 0 aromatic heterocycles. The van der Waals surface area contributed by atoms with Gasteiger partial charge in [-0.1, -0.05) is 45.0 Å². The summed E-state index contributed by atoms with van der Waals surface area (Å²) in [7, 11) is -1.46. The molecular weight excluding hydrogens is 381 g/mol. The van der Waals surface area contributed by atoms with Crippen LogP contribution in [-0.2, 0) is 16.1 Å². The van der Waals surface area contributed by atoms with E-state index < -0.39 is 18.7 Å². The predicted octanol–water partition coefficient (Wildman–Crippen LogP) is 0.484. The number of hydrogen-bond donors (Lipinski definition) is 3. The van der Waals surface area contributed by atoms with E-state index in [0.717, 1.165) is 31.6 Å². The Balaban J connectivity index is 1.68. The van der Waals surface area contributed by atoms with Gasteiger partial charge in [-0.15, -0.1) is 0 Å². The SMILES string of the molecule is CCCN1C(=O)C(CC(C)C)NC(=O)C12CCN(Cc1ccc(B(O)O)cc1)CC2. The smallest absolute Gasteiger partial charge is 0.423 e. The molecule has 0 aliphatic carbocycles. The molecule has 2 heterocycles. The summed E-state index contributed by atoms with van der Waals surface area (Å²) in [5.41, 5.74) is 0.823. The topological polar surface area (TPSA) is 93.1 Å². The van der Waals surface area contributed by atoms with E-state index in [1.54, 1.807) is 12.1 Å². The maximum atomic E-state index is 13.2. The van der Waals surface area contributed by atoms with Gasteiger partial charge in [0.05, 0.1) is 0 Å². The van der Waals surface area contributed by atoms with Crippen LogP contribution in [0.5, 0.6) is 0 Å². The van der Waals surface area contributed by atoms with Gasteiger partial charge in [-0.05, 0) is 42.6 Å². The molecule has 0 saturated carbocycles. The predicted molar refractivity (Wildman–Crippen MR) is 117 cm³/mol. The van der Waals surface area contributed by atoms with Crippen molar-refractivity contribution >= 4 is 24.4 Å². The maximum absolute atomic E-state index is 13.2. The molecule has 2 saturated heterocycles. The largest absolute Gasteiger partial charge is 0.488 e. The Morgan fingerprint density at radius 3 is 2.33 bits per heavy atom. The van der Waals surface area contributed by atoms with Crippen LogP contribution >= 0.6 is 0 Å². The van der Waals surface area contributed by atoms with Gasteiger partial charge in [0, 0.05) is 26.2 Å². The first-order valence-corrected chi connectivity index (χ1v) is 11.1. The Morgan fingerprint density at radius 1 is 1.17 bits per heavy atom. The van der Waals surface area contributed by atoms with Crippen molar-refractivity contribution in [1.82, 2.24) is 15.1 Å². The van der Waals surface area contributed by atoms with E-state index in [4.69, 9.17) is 0 Å². The second kappa shape index (κ2) is 9.50. The number of benzene rings is 1. The molecule has 2 aliphatic rings. The minimum atomic E-state index is -1.46. The highest BCUT2D eigenvalue weighted by molar-refractivity contribution is 6.58. The number of nitrogens with zero attached hydrogens (tertiary/aromatic N) is 2. The fourth-order valence-electron chi connectivity index (χ4n) is 4.69. The summed E-state index contributed by atoms with van der Waals surface area (Å²) >= 11 is 0. The molecule has 7 nitrogen and oxygen atoms in total. The molecule has 8 heteroatoms. The van der Waals surface area contributed by atoms with Crippen LogP contribution in [0.25, 0.3) is 0 Å². The molecule has 1 aromatic carbocycles. The lowest BCUT2D eigenvalue weighted by Crippen LogP contribution is -2.73. The third-order valence-corrected chi connectivity index (χ3v) is 6.33. The minimum absolute atomic E-state index is 0.00198. The Labute approximate surface area is 179 Å². The Morgan fingerprint density at radius 2 is 1.80 bits per heavy atom. The summed E-state index contributed by atoms with van der Waals surface area (Å²) in [6.45, 7) is 9.01. The minimum Gasteiger partial charge on any atom is -0.423 e. The van der Waals surface area contributed by atoms with Crippen LogP contribution in [0.3, 0.4) is 0 Å². The summed E-state index contributed by atoms with van der Waals surface area (Å²) in [5, 5.41) is 21.5. The molecule has 1 atom stereocenters. The van der Waals surface area contributed by atoms with Crippen LogP contribution in [0.1, 0.15) is 52.0 Å². The first-order valence-electron chi connectivity index (χ1n) is 11.1. The van der Waals surface area contributed by atoms with Crippen molar-refractivity contribution in [2.75, 3.05) is 19.6 Å². The fourth-order valence-corrected chi connectivity index (χ4v) is 4.69. The summed E-state index contributed by atoms with van der Waals surface area (Å²) in [6, 6.07) is 6.83. The van der Waals surface area contributed by atoms with Crippen LogP contribution in [0.2, 0.25) is 0 Å². The third-order valence-electron chi connectivity index (χ3n) is 6.33. The van der Waals surface area contributed by atoms with E-state index in [1.165, 1.54) is 0 Å². The van der Waals surface area contributed by atoms with Gasteiger partial charge in [0.25, 0.3) is 0 Å². The van der Waals surface area contributed by atoms with Gasteiger partial charge >= 0.3 is 7.12 Å². The van der Waals surface area contributed by atoms with Crippen molar-refractivity contribution in [2.45, 2.75) is 64.6 Å². The lowest BCUT2D eigenvalue weighted by Gasteiger charge is -2.52. The second-order valence-corrected chi connectivity index (χ2v) is 9.07. The molecule has 2 fully saturated rings. The number of carbonyl (C=O) groups excluding carboxylic acids is 2. The van der Waals surface area contributed by atoms with Crippen molar-refractivity contribution in [3.63, 3.8) is 0 Å². The molecule has 3 N–H and O–H groups in total. The van der Waals surface area contributed by atoms with Gasteiger partial charge in [-0.25, -0.2) is 0 Å². The van der Waals surface area contributed by atoms with Crippen LogP contribution in [-0.4, -0.2) is 70.0 Å². The molecule has 3 rings (SSSR count). The molecule has 2 aliphatic heterocycles. The molecule has 164 valence electrons. The summed E-state index contributed by atoms with van der Waals surface area (Å²) in [6.07, 6.45) is 2.77. The van der Waals surface area contributed by atoms with Gasteiger partial charge in [0.15, 0.2) is 0 Å². The molecule has 0 radical (unpaired) electrons. The highest BCUT2D eigenvalue weighted by Crippen LogP contribution is 2.34. The van der Waals surface area contributed by atoms with E-state index in [1.807, 2.05) is 24.0 Å². The van der Waals surface area contributed by atoms with E-state index >= 15 is 0 Å². The van der Waals surface area contributed by atoms with E-state index in [0.29, 0.717) is 37.2 Å². The third kappa shape index (κ3) is 4.71. The number of piperidine rings is 1. The normalized spacial score (nSPS) is 21.9. The zero-order chi connectivity index (χ0) is 21.9. The van der Waals surface area contributed by atoms with Crippen LogP contribution in [0.15, 0.2) is 24.3 Å². The Kier molecular flexibility index (Phi) is 7.21. The summed E-state index contributed by atoms with van der Waals surface area (Å²) in [4.78, 5) is 30.5. The van der Waals surface area contributed by atoms with Gasteiger partial charge in [0.1, 0.15) is 11.6 Å². The summed E-state index contributed by atoms with van der Waals surface area (Å²) in [5.74, 6) is 0.413. The number of nitrogens with one attached hydrogen (secondary N) is 1. The monoisotopic (exact) mass is 415 g/mol. The average molecular weight is 415 g/mol. The lowest BCUT2D eigenvalue weighted by atomic mass is 9.80. The van der Waals surface area contributed by atoms with Crippen molar-refractivity contribution in [2.24, 2.45) is 5.92 Å². The number of rotatable bonds is 7. The number of carbonyl (C=O) groups is 2. The maximum Gasteiger partial charge on any atom is 0.488 e. The molecule has 2 amide bonds. The fraction of sp³-hybridized carbons (Fsp3) is 0.636. The van der Waals surface area contributed by atoms with E-state index in [-0.39, 0.29) is 11.8 Å². The van der Waals surface area contributed by atoms with Crippen molar-refractivity contribution in [3.8, 4) is 0 Å². The number of piperazine rings is 1. The van der Waals surface area contributed by atoms with Crippen molar-refractivity contribution in [1.29, 1.82) is 0 Å². The Hall–Kier alpha value is -1.90. The van der Waals surface area contributed by atoms with Crippen LogP contribution in [0, 0.1) is 5.92 Å². The standard InChI is InChI=1S/C22H34BN3O4/c1-4-11-26-20(27)19(14-16(2)3)24-21(28)22(26)9-12-25(13-10-22)15-17-5-7-18(8-6-17)23(29)30/h5-8,16,19,29-30H,4,9-15H2,1-3H3,(H,24,28). The number of likely N-dealkylation sites (tertiary alicyclic amines) is 1. The molecule has 0 bridgehead atoms. The van der Waals surface area contributed by atoms with Gasteiger partial charge in [0.2, 0.25) is 11.8 Å². The van der Waals surface area contributed by atoms with Crippen molar-refractivity contribution < 1.29 is 19.6 Å². The molecule has 1 unspecified atom stereocenters. The van der Waals surface area contributed by atoms with E-state index in [2.05, 4.69) is 24.1 Å².